The molecule has 0 spiro atoms. The molecule has 7 nitrogen and oxygen atoms in total. The molecule has 0 aliphatic carbocycles. The third-order valence-electron chi connectivity index (χ3n) is 0.213. The van der Waals surface area contributed by atoms with Crippen molar-refractivity contribution in [3.63, 3.8) is 0 Å². The van der Waals surface area contributed by atoms with Gasteiger partial charge in [-0.25, -0.2) is 9.13 Å². The zero-order valence-electron chi connectivity index (χ0n) is 4.66. The second kappa shape index (κ2) is 5.86. The van der Waals surface area contributed by atoms with Crippen LogP contribution in [0.1, 0.15) is 0 Å². The van der Waals surface area contributed by atoms with E-state index >= 15 is 0 Å². The third kappa shape index (κ3) is 18.3. The maximum absolute atomic E-state index is 9.63. The first-order valence-electron chi connectivity index (χ1n) is 1.53. The number of rotatable bonds is 2. The zero-order valence-corrected chi connectivity index (χ0v) is 8.81. The number of hydrogen-bond acceptors (Lipinski definition) is 3. The monoisotopic (exact) mass is 288 g/mol. The fourth-order valence-corrected chi connectivity index (χ4v) is 1.25. The van der Waals surface area contributed by atoms with E-state index in [-0.39, 0.29) is 34.1 Å². The SMILES string of the molecule is O=P(O)(O)OP(=O)(O)O.[Mn].[Mn]. The van der Waals surface area contributed by atoms with Crippen LogP contribution >= 0.6 is 15.6 Å². The van der Waals surface area contributed by atoms with Crippen LogP contribution in [0.5, 0.6) is 0 Å². The summed E-state index contributed by atoms with van der Waals surface area (Å²) in [5, 5.41) is 0. The Morgan fingerprint density at radius 3 is 1.00 bits per heavy atom. The summed E-state index contributed by atoms with van der Waals surface area (Å²) in [4.78, 5) is 31.0. The summed E-state index contributed by atoms with van der Waals surface area (Å²) in [5.74, 6) is 0. The molecular weight excluding hydrogens is 284 g/mol. The molecule has 0 heterocycles. The second-order valence-electron chi connectivity index (χ2n) is 1.06. The summed E-state index contributed by atoms with van der Waals surface area (Å²) in [6.07, 6.45) is 0. The molecule has 0 atom stereocenters. The van der Waals surface area contributed by atoms with Gasteiger partial charge >= 0.3 is 15.6 Å². The summed E-state index contributed by atoms with van der Waals surface area (Å²) < 4.78 is 22.2. The fraction of sp³-hybridized carbons (Fsp3) is 0. The first kappa shape index (κ1) is 18.2. The predicted molar refractivity (Wildman–Crippen MR) is 25.2 cm³/mol. The van der Waals surface area contributed by atoms with Crippen LogP contribution in [-0.2, 0) is 47.6 Å². The Labute approximate surface area is 83.0 Å². The van der Waals surface area contributed by atoms with E-state index in [9.17, 15) is 9.13 Å². The van der Waals surface area contributed by atoms with E-state index in [4.69, 9.17) is 19.6 Å². The Morgan fingerprint density at radius 2 is 1.00 bits per heavy atom. The van der Waals surface area contributed by atoms with Crippen LogP contribution in [0.4, 0.5) is 0 Å². The molecule has 0 fully saturated rings. The third-order valence-corrected chi connectivity index (χ3v) is 1.91. The number of phosphoric acid groups is 2. The van der Waals surface area contributed by atoms with E-state index in [2.05, 4.69) is 4.31 Å². The summed E-state index contributed by atoms with van der Waals surface area (Å²) >= 11 is 0. The van der Waals surface area contributed by atoms with E-state index in [1.807, 2.05) is 0 Å². The van der Waals surface area contributed by atoms with Crippen molar-refractivity contribution in [2.75, 3.05) is 0 Å². The van der Waals surface area contributed by atoms with Gasteiger partial charge in [-0.15, -0.1) is 0 Å². The smallest absolute Gasteiger partial charge is 0.302 e. The van der Waals surface area contributed by atoms with E-state index in [0.29, 0.717) is 0 Å². The standard InChI is InChI=1S/2Mn.H4O7P2/c;;1-8(2,3)7-9(4,5)6/h;;(H2,1,2,3)(H2,4,5,6). The summed E-state index contributed by atoms with van der Waals surface area (Å²) in [7, 11) is -10.1. The normalized spacial score (nSPS) is 11.3. The molecule has 0 rings (SSSR count). The average Bonchev–Trinajstić information content (AvgIpc) is 1.14. The van der Waals surface area contributed by atoms with Crippen molar-refractivity contribution in [1.29, 1.82) is 0 Å². The molecule has 0 unspecified atom stereocenters. The molecular formula is H4Mn2O7P2. The Bertz CT molecular complexity index is 155. The van der Waals surface area contributed by atoms with E-state index in [1.165, 1.54) is 0 Å². The molecule has 11 heavy (non-hydrogen) atoms. The maximum atomic E-state index is 9.63. The van der Waals surface area contributed by atoms with Gasteiger partial charge in [0.1, 0.15) is 0 Å². The average molecular weight is 288 g/mol. The van der Waals surface area contributed by atoms with Crippen LogP contribution in [0.25, 0.3) is 0 Å². The molecule has 4 N–H and O–H groups in total. The van der Waals surface area contributed by atoms with Crippen molar-refractivity contribution in [1.82, 2.24) is 0 Å². The Balaban J connectivity index is -0.000000320. The first-order chi connectivity index (χ1) is 3.71. The molecule has 70 valence electrons. The van der Waals surface area contributed by atoms with E-state index < -0.39 is 15.6 Å². The van der Waals surface area contributed by atoms with Crippen molar-refractivity contribution in [2.24, 2.45) is 0 Å². The second-order valence-corrected chi connectivity index (χ2v) is 3.68. The maximum Gasteiger partial charge on any atom is 0.478 e. The van der Waals surface area contributed by atoms with Gasteiger partial charge in [0.2, 0.25) is 0 Å². The predicted octanol–water partition coefficient (Wildman–Crippen LogP) is -0.817. The minimum absolute atomic E-state index is 0. The Kier molecular flexibility index (Phi) is 9.68. The molecule has 0 bridgehead atoms. The molecule has 11 heteroatoms. The molecule has 0 aromatic heterocycles. The van der Waals surface area contributed by atoms with Crippen LogP contribution in [-0.4, -0.2) is 19.6 Å². The molecule has 0 aliphatic rings. The van der Waals surface area contributed by atoms with Crippen molar-refractivity contribution in [2.45, 2.75) is 0 Å². The largest absolute Gasteiger partial charge is 0.478 e. The van der Waals surface area contributed by atoms with Crippen molar-refractivity contribution in [3.8, 4) is 0 Å². The van der Waals surface area contributed by atoms with Gasteiger partial charge in [0.05, 0.1) is 0 Å². The molecule has 0 saturated heterocycles. The van der Waals surface area contributed by atoms with Crippen molar-refractivity contribution < 1.29 is 67.2 Å². The molecule has 0 aliphatic heterocycles. The van der Waals surface area contributed by atoms with Crippen LogP contribution < -0.4 is 0 Å². The summed E-state index contributed by atoms with van der Waals surface area (Å²) in [6.45, 7) is 0. The first-order valence-corrected chi connectivity index (χ1v) is 4.59. The van der Waals surface area contributed by atoms with E-state index in [1.54, 1.807) is 0 Å². The zero-order chi connectivity index (χ0) is 7.71. The van der Waals surface area contributed by atoms with Gasteiger partial charge < -0.3 is 19.6 Å². The van der Waals surface area contributed by atoms with E-state index in [0.717, 1.165) is 0 Å². The van der Waals surface area contributed by atoms with Crippen LogP contribution in [0.3, 0.4) is 0 Å². The number of hydrogen-bond donors (Lipinski definition) is 4. The molecule has 2 radical (unpaired) electrons. The minimum atomic E-state index is -5.05. The van der Waals surface area contributed by atoms with Gasteiger partial charge in [0, 0.05) is 34.1 Å². The summed E-state index contributed by atoms with van der Waals surface area (Å²) in [5.41, 5.74) is 0. The topological polar surface area (TPSA) is 124 Å². The van der Waals surface area contributed by atoms with Crippen LogP contribution in [0, 0.1) is 0 Å². The molecule has 0 aromatic carbocycles. The Morgan fingerprint density at radius 1 is 0.818 bits per heavy atom. The molecule has 0 aromatic rings. The quantitative estimate of drug-likeness (QED) is 0.386. The van der Waals surface area contributed by atoms with Crippen LogP contribution in [0.15, 0.2) is 0 Å². The van der Waals surface area contributed by atoms with Crippen LogP contribution in [0.2, 0.25) is 0 Å². The van der Waals surface area contributed by atoms with Gasteiger partial charge in [0.25, 0.3) is 0 Å². The minimum Gasteiger partial charge on any atom is -0.302 e. The van der Waals surface area contributed by atoms with Gasteiger partial charge in [-0.3, -0.25) is 0 Å². The molecule has 0 saturated carbocycles. The Hall–Kier alpha value is 1.30. The fourth-order valence-electron chi connectivity index (χ4n) is 0.139. The van der Waals surface area contributed by atoms with Crippen molar-refractivity contribution in [3.05, 3.63) is 0 Å². The van der Waals surface area contributed by atoms with Gasteiger partial charge in [0.15, 0.2) is 0 Å². The van der Waals surface area contributed by atoms with Gasteiger partial charge in [-0.05, 0) is 0 Å². The molecule has 0 amide bonds. The van der Waals surface area contributed by atoms with Gasteiger partial charge in [-0.2, -0.15) is 4.31 Å². The summed E-state index contributed by atoms with van der Waals surface area (Å²) in [6, 6.07) is 0. The van der Waals surface area contributed by atoms with Gasteiger partial charge in [-0.1, -0.05) is 0 Å². The van der Waals surface area contributed by atoms with Crippen molar-refractivity contribution >= 4 is 15.6 Å².